The molecule has 7 heavy (non-hydrogen) atoms. The van der Waals surface area contributed by atoms with E-state index in [0.717, 1.165) is 0 Å². The van der Waals surface area contributed by atoms with Crippen LogP contribution >= 0.6 is 11.5 Å². The Kier molecular flexibility index (Phi) is 0.982. The van der Waals surface area contributed by atoms with Crippen LogP contribution in [0.4, 0.5) is 0 Å². The summed E-state index contributed by atoms with van der Waals surface area (Å²) in [5.74, 6) is 0. The lowest BCUT2D eigenvalue weighted by Gasteiger charge is -1.76. The highest BCUT2D eigenvalue weighted by atomic mass is 32.1. The molecule has 38 valence electrons. The minimum Gasteiger partial charge on any atom is -0.268 e. The van der Waals surface area contributed by atoms with Gasteiger partial charge < -0.3 is 0 Å². The smallest absolute Gasteiger partial charge is 0.260 e. The molecule has 0 spiro atoms. The van der Waals surface area contributed by atoms with Crippen LogP contribution in [0.3, 0.4) is 0 Å². The average Bonchev–Trinajstić information content (AvgIpc) is 1.91. The van der Waals surface area contributed by atoms with Gasteiger partial charge in [-0.1, -0.05) is 11.5 Å². The van der Waals surface area contributed by atoms with Crippen LogP contribution in [-0.4, -0.2) is 3.96 Å². The molecule has 1 aromatic rings. The molecule has 1 heterocycles. The van der Waals surface area contributed by atoms with Crippen LogP contribution in [-0.2, 0) is 7.05 Å². The van der Waals surface area contributed by atoms with Gasteiger partial charge in [0.15, 0.2) is 0 Å². The van der Waals surface area contributed by atoms with Crippen LogP contribution in [0.15, 0.2) is 16.2 Å². The lowest BCUT2D eigenvalue weighted by molar-refractivity contribution is 0.981. The maximum absolute atomic E-state index is 10.4. The fourth-order valence-electron chi connectivity index (χ4n) is 0.337. The van der Waals surface area contributed by atoms with Gasteiger partial charge in [-0.05, 0) is 0 Å². The first-order valence-corrected chi connectivity index (χ1v) is 2.75. The zero-order valence-corrected chi connectivity index (χ0v) is 4.73. The number of rotatable bonds is 0. The van der Waals surface area contributed by atoms with Crippen LogP contribution in [0, 0.1) is 0 Å². The summed E-state index contributed by atoms with van der Waals surface area (Å²) in [7, 11) is 1.74. The zero-order chi connectivity index (χ0) is 5.28. The quantitative estimate of drug-likeness (QED) is 0.481. The van der Waals surface area contributed by atoms with Gasteiger partial charge in [-0.3, -0.25) is 8.75 Å². The molecule has 0 saturated carbocycles. The average molecular weight is 115 g/mol. The Morgan fingerprint density at radius 3 is 2.71 bits per heavy atom. The maximum atomic E-state index is 10.4. The first kappa shape index (κ1) is 4.59. The van der Waals surface area contributed by atoms with E-state index >= 15 is 0 Å². The molecule has 0 bridgehead atoms. The van der Waals surface area contributed by atoms with Crippen LogP contribution < -0.4 is 5.56 Å². The van der Waals surface area contributed by atoms with Crippen molar-refractivity contribution in [1.82, 2.24) is 3.96 Å². The van der Waals surface area contributed by atoms with Gasteiger partial charge in [0.2, 0.25) is 0 Å². The molecule has 0 amide bonds. The standard InChI is InChI=1S/C4H5NOS/c1-5-4(6)2-3-7-5/h2-3H,1H3. The summed E-state index contributed by atoms with van der Waals surface area (Å²) in [4.78, 5) is 10.4. The fourth-order valence-corrected chi connectivity index (χ4v) is 0.861. The Morgan fingerprint density at radius 2 is 2.57 bits per heavy atom. The minimum absolute atomic E-state index is 0.0741. The first-order valence-electron chi connectivity index (χ1n) is 1.92. The molecule has 1 rings (SSSR count). The second kappa shape index (κ2) is 1.50. The first-order chi connectivity index (χ1) is 3.30. The van der Waals surface area contributed by atoms with Crippen molar-refractivity contribution >= 4 is 11.5 Å². The van der Waals surface area contributed by atoms with Gasteiger partial charge in [-0.15, -0.1) is 0 Å². The normalized spacial score (nSPS) is 9.29. The topological polar surface area (TPSA) is 22.0 Å². The van der Waals surface area contributed by atoms with E-state index in [1.165, 1.54) is 11.5 Å². The van der Waals surface area contributed by atoms with Crippen molar-refractivity contribution in [1.29, 1.82) is 0 Å². The molecule has 2 nitrogen and oxygen atoms in total. The summed E-state index contributed by atoms with van der Waals surface area (Å²) in [5.41, 5.74) is 0.0741. The summed E-state index contributed by atoms with van der Waals surface area (Å²) < 4.78 is 1.57. The highest BCUT2D eigenvalue weighted by molar-refractivity contribution is 7.04. The molecule has 0 aliphatic heterocycles. The summed E-state index contributed by atoms with van der Waals surface area (Å²) in [6.07, 6.45) is 0. The van der Waals surface area contributed by atoms with E-state index < -0.39 is 0 Å². The summed E-state index contributed by atoms with van der Waals surface area (Å²) in [6.45, 7) is 0. The number of aromatic nitrogens is 1. The molecule has 0 radical (unpaired) electrons. The summed E-state index contributed by atoms with van der Waals surface area (Å²) in [6, 6.07) is 1.55. The van der Waals surface area contributed by atoms with Crippen LogP contribution in [0.5, 0.6) is 0 Å². The van der Waals surface area contributed by atoms with Crippen molar-refractivity contribution in [3.8, 4) is 0 Å². The van der Waals surface area contributed by atoms with Gasteiger partial charge in [0, 0.05) is 18.5 Å². The lowest BCUT2D eigenvalue weighted by Crippen LogP contribution is -2.05. The largest absolute Gasteiger partial charge is 0.268 e. The molecule has 0 atom stereocenters. The Morgan fingerprint density at radius 1 is 1.86 bits per heavy atom. The lowest BCUT2D eigenvalue weighted by atomic mass is 10.7. The van der Waals surface area contributed by atoms with Crippen molar-refractivity contribution in [3.63, 3.8) is 0 Å². The van der Waals surface area contributed by atoms with E-state index in [1.54, 1.807) is 22.5 Å². The summed E-state index contributed by atoms with van der Waals surface area (Å²) in [5, 5.41) is 1.77. The zero-order valence-electron chi connectivity index (χ0n) is 3.92. The Hall–Kier alpha value is -0.570. The molecular weight excluding hydrogens is 110 g/mol. The van der Waals surface area contributed by atoms with Gasteiger partial charge in [0.05, 0.1) is 0 Å². The van der Waals surface area contributed by atoms with E-state index in [-0.39, 0.29) is 5.56 Å². The van der Waals surface area contributed by atoms with Gasteiger partial charge in [0.25, 0.3) is 5.56 Å². The third-order valence-corrected chi connectivity index (χ3v) is 1.49. The predicted molar refractivity (Wildman–Crippen MR) is 29.6 cm³/mol. The van der Waals surface area contributed by atoms with Crippen molar-refractivity contribution in [2.24, 2.45) is 7.05 Å². The van der Waals surface area contributed by atoms with Gasteiger partial charge in [0.1, 0.15) is 0 Å². The van der Waals surface area contributed by atoms with E-state index in [1.807, 2.05) is 0 Å². The molecular formula is C4H5NOS. The Labute approximate surface area is 45.2 Å². The second-order valence-electron chi connectivity index (χ2n) is 1.24. The maximum Gasteiger partial charge on any atom is 0.260 e. The second-order valence-corrected chi connectivity index (χ2v) is 2.27. The van der Waals surface area contributed by atoms with Gasteiger partial charge in [-0.25, -0.2) is 0 Å². The van der Waals surface area contributed by atoms with E-state index in [0.29, 0.717) is 0 Å². The molecule has 0 N–H and O–H groups in total. The van der Waals surface area contributed by atoms with E-state index in [9.17, 15) is 4.79 Å². The highest BCUT2D eigenvalue weighted by Gasteiger charge is 1.82. The van der Waals surface area contributed by atoms with Crippen LogP contribution in [0.1, 0.15) is 0 Å². The third kappa shape index (κ3) is 0.718. The molecule has 0 unspecified atom stereocenters. The number of nitrogens with zero attached hydrogens (tertiary/aromatic N) is 1. The van der Waals surface area contributed by atoms with Gasteiger partial charge >= 0.3 is 0 Å². The Bertz CT molecular complexity index is 199. The third-order valence-electron chi connectivity index (χ3n) is 0.740. The molecule has 0 saturated heterocycles. The van der Waals surface area contributed by atoms with Crippen molar-refractivity contribution in [3.05, 3.63) is 21.8 Å². The van der Waals surface area contributed by atoms with Crippen molar-refractivity contribution < 1.29 is 0 Å². The minimum atomic E-state index is 0.0741. The van der Waals surface area contributed by atoms with Crippen molar-refractivity contribution in [2.75, 3.05) is 0 Å². The van der Waals surface area contributed by atoms with Crippen LogP contribution in [0.2, 0.25) is 0 Å². The van der Waals surface area contributed by atoms with Gasteiger partial charge in [-0.2, -0.15) is 0 Å². The number of aryl methyl sites for hydroxylation is 1. The number of hydrogen-bond donors (Lipinski definition) is 0. The van der Waals surface area contributed by atoms with E-state index in [4.69, 9.17) is 0 Å². The highest BCUT2D eigenvalue weighted by Crippen LogP contribution is 1.84. The molecule has 1 aromatic heterocycles. The molecule has 0 fully saturated rings. The van der Waals surface area contributed by atoms with Crippen LogP contribution in [0.25, 0.3) is 0 Å². The Balaban J connectivity index is 3.39. The SMILES string of the molecule is Cn1sccc1=O. The molecule has 0 aliphatic carbocycles. The molecule has 0 aliphatic rings. The molecule has 3 heteroatoms. The molecule has 0 aromatic carbocycles. The fraction of sp³-hybridized carbons (Fsp3) is 0.250. The number of hydrogen-bond acceptors (Lipinski definition) is 2. The van der Waals surface area contributed by atoms with Crippen molar-refractivity contribution in [2.45, 2.75) is 0 Å². The summed E-state index contributed by atoms with van der Waals surface area (Å²) >= 11 is 1.41. The predicted octanol–water partition coefficient (Wildman–Crippen LogP) is 0.447. The van der Waals surface area contributed by atoms with E-state index in [2.05, 4.69) is 0 Å². The monoisotopic (exact) mass is 115 g/mol.